The Labute approximate surface area is 180 Å². The number of benzene rings is 1. The summed E-state index contributed by atoms with van der Waals surface area (Å²) in [6.07, 6.45) is 1.40. The minimum absolute atomic E-state index is 0.0494. The van der Waals surface area contributed by atoms with E-state index in [1.54, 1.807) is 0 Å². The Morgan fingerprint density at radius 1 is 1.26 bits per heavy atom. The number of hydrogen-bond acceptors (Lipinski definition) is 6. The van der Waals surface area contributed by atoms with E-state index in [4.69, 9.17) is 0 Å². The number of anilines is 2. The largest absolute Gasteiger partial charge is 0.349 e. The van der Waals surface area contributed by atoms with Crippen LogP contribution >= 0.6 is 11.3 Å². The molecular weight excluding hydrogens is 428 g/mol. The molecule has 0 saturated carbocycles. The maximum absolute atomic E-state index is 13.9. The summed E-state index contributed by atoms with van der Waals surface area (Å²) in [6, 6.07) is 2.65. The van der Waals surface area contributed by atoms with Crippen LogP contribution in [-0.2, 0) is 17.9 Å². The topological polar surface area (TPSA) is 89.2 Å². The number of nitrogens with one attached hydrogen (secondary N) is 1. The molecule has 2 heterocycles. The van der Waals surface area contributed by atoms with E-state index in [1.165, 1.54) is 6.08 Å². The van der Waals surface area contributed by atoms with E-state index in [1.807, 2.05) is 18.7 Å². The zero-order chi connectivity index (χ0) is 22.7. The van der Waals surface area contributed by atoms with Crippen molar-refractivity contribution in [3.63, 3.8) is 0 Å². The van der Waals surface area contributed by atoms with Gasteiger partial charge in [-0.3, -0.25) is 18.7 Å². The second kappa shape index (κ2) is 9.21. The summed E-state index contributed by atoms with van der Waals surface area (Å²) in [5.41, 5.74) is -1.56. The third-order valence-corrected chi connectivity index (χ3v) is 5.70. The monoisotopic (exact) mass is 449 g/mol. The van der Waals surface area contributed by atoms with E-state index in [-0.39, 0.29) is 22.6 Å². The first kappa shape index (κ1) is 22.3. The molecule has 2 aromatic heterocycles. The van der Waals surface area contributed by atoms with Gasteiger partial charge >= 0.3 is 5.69 Å². The van der Waals surface area contributed by atoms with Crippen molar-refractivity contribution in [3.8, 4) is 0 Å². The van der Waals surface area contributed by atoms with Crippen molar-refractivity contribution in [2.24, 2.45) is 0 Å². The van der Waals surface area contributed by atoms with Crippen molar-refractivity contribution < 1.29 is 13.6 Å². The SMILES string of the molecule is C=CCn1c(=O)c2sc(N(CC)CC)nc2n(CC(=O)Nc2cc(F)ccc2F)c1=O. The number of hydrogen-bond donors (Lipinski definition) is 1. The number of carbonyl (C=O) groups excluding carboxylic acids is 1. The van der Waals surface area contributed by atoms with Gasteiger partial charge in [-0.05, 0) is 26.0 Å². The Bertz CT molecular complexity index is 1260. The molecule has 8 nitrogen and oxygen atoms in total. The van der Waals surface area contributed by atoms with Gasteiger partial charge in [0.25, 0.3) is 5.56 Å². The second-order valence-electron chi connectivity index (χ2n) is 6.57. The minimum atomic E-state index is -0.818. The lowest BCUT2D eigenvalue weighted by Crippen LogP contribution is -2.41. The van der Waals surface area contributed by atoms with E-state index in [9.17, 15) is 23.2 Å². The highest BCUT2D eigenvalue weighted by Crippen LogP contribution is 2.26. The number of rotatable bonds is 8. The number of aromatic nitrogens is 3. The molecule has 0 atom stereocenters. The van der Waals surface area contributed by atoms with Gasteiger partial charge in [-0.15, -0.1) is 6.58 Å². The summed E-state index contributed by atoms with van der Waals surface area (Å²) in [4.78, 5) is 44.6. The Morgan fingerprint density at radius 2 is 1.97 bits per heavy atom. The van der Waals surface area contributed by atoms with Crippen LogP contribution in [-0.4, -0.2) is 33.1 Å². The van der Waals surface area contributed by atoms with Crippen molar-refractivity contribution >= 4 is 38.4 Å². The molecule has 0 unspecified atom stereocenters. The molecule has 1 N–H and O–H groups in total. The van der Waals surface area contributed by atoms with Crippen LogP contribution in [0.5, 0.6) is 0 Å². The summed E-state index contributed by atoms with van der Waals surface area (Å²) in [7, 11) is 0. The Morgan fingerprint density at radius 3 is 2.61 bits per heavy atom. The molecule has 164 valence electrons. The van der Waals surface area contributed by atoms with Crippen LogP contribution in [0.1, 0.15) is 13.8 Å². The molecule has 11 heteroatoms. The molecule has 0 radical (unpaired) electrons. The number of thiazole rings is 1. The highest BCUT2D eigenvalue weighted by molar-refractivity contribution is 7.22. The smallest absolute Gasteiger partial charge is 0.333 e. The highest BCUT2D eigenvalue weighted by atomic mass is 32.1. The average Bonchev–Trinajstić information content (AvgIpc) is 3.17. The van der Waals surface area contributed by atoms with E-state index < -0.39 is 35.3 Å². The molecule has 0 fully saturated rings. The van der Waals surface area contributed by atoms with Gasteiger partial charge in [-0.25, -0.2) is 18.6 Å². The van der Waals surface area contributed by atoms with Gasteiger partial charge in [-0.2, -0.15) is 0 Å². The first-order valence-electron chi connectivity index (χ1n) is 9.55. The Kier molecular flexibility index (Phi) is 6.64. The van der Waals surface area contributed by atoms with Crippen LogP contribution in [0.4, 0.5) is 19.6 Å². The lowest BCUT2D eigenvalue weighted by atomic mass is 10.3. The molecule has 1 aromatic carbocycles. The predicted octanol–water partition coefficient (Wildman–Crippen LogP) is 2.57. The van der Waals surface area contributed by atoms with E-state index in [0.29, 0.717) is 18.2 Å². The first-order valence-corrected chi connectivity index (χ1v) is 10.4. The van der Waals surface area contributed by atoms with E-state index in [0.717, 1.165) is 38.7 Å². The second-order valence-corrected chi connectivity index (χ2v) is 7.54. The number of halogens is 2. The molecule has 0 saturated heterocycles. The normalized spacial score (nSPS) is 11.0. The van der Waals surface area contributed by atoms with Gasteiger partial charge in [0.1, 0.15) is 22.9 Å². The van der Waals surface area contributed by atoms with Gasteiger partial charge in [-0.1, -0.05) is 17.4 Å². The maximum atomic E-state index is 13.9. The third-order valence-electron chi connectivity index (χ3n) is 4.60. The van der Waals surface area contributed by atoms with Crippen LogP contribution in [0.2, 0.25) is 0 Å². The number of amides is 1. The van der Waals surface area contributed by atoms with Gasteiger partial charge in [0.2, 0.25) is 5.91 Å². The van der Waals surface area contributed by atoms with Crippen molar-refractivity contribution in [3.05, 3.63) is 63.3 Å². The van der Waals surface area contributed by atoms with E-state index in [2.05, 4.69) is 16.9 Å². The van der Waals surface area contributed by atoms with Crippen molar-refractivity contribution in [1.82, 2.24) is 14.1 Å². The minimum Gasteiger partial charge on any atom is -0.349 e. The standard InChI is InChI=1S/C20H21F2N5O3S/c1-4-9-26-18(29)16-17(24-19(31-16)25(5-2)6-3)27(20(26)30)11-15(28)23-14-10-12(21)7-8-13(14)22/h4,7-8,10H,1,5-6,9,11H2,2-3H3,(H,23,28). The molecule has 0 aliphatic carbocycles. The van der Waals surface area contributed by atoms with Gasteiger partial charge in [0.05, 0.1) is 5.69 Å². The Balaban J connectivity index is 2.10. The van der Waals surface area contributed by atoms with Crippen LogP contribution in [0.3, 0.4) is 0 Å². The summed E-state index contributed by atoms with van der Waals surface area (Å²) in [6.45, 7) is 8.11. The number of carbonyl (C=O) groups is 1. The maximum Gasteiger partial charge on any atom is 0.333 e. The van der Waals surface area contributed by atoms with Crippen molar-refractivity contribution in [1.29, 1.82) is 0 Å². The van der Waals surface area contributed by atoms with Crippen LogP contribution in [0.15, 0.2) is 40.4 Å². The lowest BCUT2D eigenvalue weighted by molar-refractivity contribution is -0.116. The third kappa shape index (κ3) is 4.41. The Hall–Kier alpha value is -3.34. The molecule has 1 amide bonds. The summed E-state index contributed by atoms with van der Waals surface area (Å²) in [5, 5.41) is 2.79. The van der Waals surface area contributed by atoms with Gasteiger partial charge in [0, 0.05) is 25.7 Å². The van der Waals surface area contributed by atoms with E-state index >= 15 is 0 Å². The van der Waals surface area contributed by atoms with Crippen molar-refractivity contribution in [2.75, 3.05) is 23.3 Å². The zero-order valence-electron chi connectivity index (χ0n) is 17.0. The molecule has 3 aromatic rings. The van der Waals surface area contributed by atoms with Gasteiger partial charge < -0.3 is 10.2 Å². The fourth-order valence-corrected chi connectivity index (χ4v) is 4.20. The fraction of sp³-hybridized carbons (Fsp3) is 0.300. The summed E-state index contributed by atoms with van der Waals surface area (Å²) >= 11 is 1.13. The molecule has 0 aliphatic heterocycles. The predicted molar refractivity (Wildman–Crippen MR) is 117 cm³/mol. The first-order chi connectivity index (χ1) is 14.8. The molecule has 0 bridgehead atoms. The lowest BCUT2D eigenvalue weighted by Gasteiger charge is -2.16. The van der Waals surface area contributed by atoms with Crippen molar-refractivity contribution in [2.45, 2.75) is 26.9 Å². The van der Waals surface area contributed by atoms with Crippen LogP contribution in [0, 0.1) is 11.6 Å². The molecular formula is C20H21F2N5O3S. The molecule has 31 heavy (non-hydrogen) atoms. The summed E-state index contributed by atoms with van der Waals surface area (Å²) in [5.74, 6) is -2.31. The quantitative estimate of drug-likeness (QED) is 0.534. The fourth-order valence-electron chi connectivity index (χ4n) is 3.06. The van der Waals surface area contributed by atoms with Gasteiger partial charge in [0.15, 0.2) is 10.8 Å². The molecule has 3 rings (SSSR count). The van der Waals surface area contributed by atoms with Crippen LogP contribution in [0.25, 0.3) is 10.3 Å². The summed E-state index contributed by atoms with van der Waals surface area (Å²) < 4.78 is 29.5. The number of nitrogens with zero attached hydrogens (tertiary/aromatic N) is 4. The number of fused-ring (bicyclic) bond motifs is 1. The molecule has 0 spiro atoms. The highest BCUT2D eigenvalue weighted by Gasteiger charge is 2.21. The average molecular weight is 449 g/mol. The molecule has 0 aliphatic rings. The number of allylic oxidation sites excluding steroid dienone is 1. The van der Waals surface area contributed by atoms with Crippen LogP contribution < -0.4 is 21.5 Å². The zero-order valence-corrected chi connectivity index (χ0v) is 17.8.